The summed E-state index contributed by atoms with van der Waals surface area (Å²) in [5.74, 6) is 2.38. The number of nitrogens with one attached hydrogen (secondary N) is 4. The smallest absolute Gasteiger partial charge is 0.271 e. The van der Waals surface area contributed by atoms with Gasteiger partial charge in [0.05, 0.1) is 54.8 Å². The summed E-state index contributed by atoms with van der Waals surface area (Å²) in [4.78, 5) is 102. The number of unbranched alkanes of at least 4 members (excludes halogenated alkanes) is 1. The van der Waals surface area contributed by atoms with Gasteiger partial charge in [0.1, 0.15) is 5.82 Å². The summed E-state index contributed by atoms with van der Waals surface area (Å²) in [5.41, 5.74) is 5.70. The average molecular weight is 1020 g/mol. The van der Waals surface area contributed by atoms with Crippen molar-refractivity contribution in [1.29, 1.82) is 0 Å². The molecule has 0 amide bonds. The van der Waals surface area contributed by atoms with Crippen molar-refractivity contribution in [1.82, 2.24) is 39.9 Å². The number of H-pyrrole nitrogens is 4. The Morgan fingerprint density at radius 2 is 0.797 bits per heavy atom. The average Bonchev–Trinajstić information content (AvgIpc) is 3.22. The van der Waals surface area contributed by atoms with Gasteiger partial charge < -0.3 is 25.7 Å². The number of aryl methyl sites for hydroxylation is 5. The van der Waals surface area contributed by atoms with Crippen LogP contribution in [0.25, 0.3) is 19.4 Å². The highest BCUT2D eigenvalue weighted by molar-refractivity contribution is 7.99. The summed E-state index contributed by atoms with van der Waals surface area (Å²) in [6, 6.07) is 0. The second-order valence-corrected chi connectivity index (χ2v) is 15.6. The van der Waals surface area contributed by atoms with Crippen LogP contribution in [0.5, 0.6) is 0 Å². The van der Waals surface area contributed by atoms with Crippen molar-refractivity contribution in [3.8, 4) is 0 Å². The van der Waals surface area contributed by atoms with Crippen molar-refractivity contribution in [2.75, 3.05) is 36.9 Å². The zero-order valence-corrected chi connectivity index (χ0v) is 40.1. The number of nitro groups is 2. The highest BCUT2D eigenvalue weighted by Crippen LogP contribution is 2.18. The van der Waals surface area contributed by atoms with Crippen molar-refractivity contribution >= 4 is 58.0 Å². The van der Waals surface area contributed by atoms with Crippen molar-refractivity contribution in [3.63, 3.8) is 0 Å². The molecule has 23 nitrogen and oxygen atoms in total. The van der Waals surface area contributed by atoms with E-state index in [1.165, 1.54) is 36.4 Å². The van der Waals surface area contributed by atoms with E-state index < -0.39 is 10.5 Å². The minimum atomic E-state index is -0.508. The quantitative estimate of drug-likeness (QED) is 0.0273. The lowest BCUT2D eigenvalue weighted by Crippen LogP contribution is -2.11. The monoisotopic (exact) mass is 1020 g/mol. The van der Waals surface area contributed by atoms with Crippen LogP contribution in [-0.4, -0.2) is 86.6 Å². The summed E-state index contributed by atoms with van der Waals surface area (Å²) in [7, 11) is 0. The molecule has 0 fully saturated rings. The molecule has 0 spiro atoms. The Kier molecular flexibility index (Phi) is 45.6. The second-order valence-electron chi connectivity index (χ2n) is 12.4. The van der Waals surface area contributed by atoms with Gasteiger partial charge in [-0.1, -0.05) is 106 Å². The molecule has 0 aliphatic carbocycles. The molecule has 69 heavy (non-hydrogen) atoms. The standard InChI is InChI=1S/C9H11N3OS.C8H8N4O3S.C8H10N4OS.C7H7N3O.C4H10.C3H7NO2.4CH4/c1-4-5-14-9-11-6(2)7(10-3)8(13)12-9;1-5-6(9-2)7(13)11-8(10-5)16-4-3-12(14)15;1-5-6(10-2)7(13)12-8(11-5)14-4-3-9;1-4-6(8-3)7(11)10-5(2)9-4;1-3-4-2;1-2-3-4(5)6;;;;/h4-5H2,1-2H3,(H,11,12,13);3-4H2,1H3,(H,10,11,13);3-4,9H2,1H3,(H,11,12,13);1-2H3,(H,9,10,11);3-4H2,1-2H3;2-3H2,1H3;4*1H4. The summed E-state index contributed by atoms with van der Waals surface area (Å²) >= 11 is 3.96. The molecule has 4 heterocycles. The van der Waals surface area contributed by atoms with Crippen molar-refractivity contribution in [3.05, 3.63) is 136 Å². The molecule has 0 saturated carbocycles. The van der Waals surface area contributed by atoms with Crippen LogP contribution < -0.4 is 28.0 Å². The van der Waals surface area contributed by atoms with E-state index in [-0.39, 0.29) is 92.9 Å². The molecule has 0 aromatic carbocycles. The number of thioether (sulfide) groups is 3. The number of hydrogen-bond acceptors (Lipinski definition) is 16. The first-order valence-corrected chi connectivity index (χ1v) is 22.4. The van der Waals surface area contributed by atoms with E-state index >= 15 is 0 Å². The number of aromatic amines is 4. The van der Waals surface area contributed by atoms with Crippen LogP contribution >= 0.6 is 35.3 Å². The third-order valence-corrected chi connectivity index (χ3v) is 9.83. The lowest BCUT2D eigenvalue weighted by atomic mass is 10.4. The highest BCUT2D eigenvalue weighted by Gasteiger charge is 2.10. The van der Waals surface area contributed by atoms with E-state index in [2.05, 4.69) is 80.0 Å². The first kappa shape index (κ1) is 73.8. The predicted molar refractivity (Wildman–Crippen MR) is 281 cm³/mol. The lowest BCUT2D eigenvalue weighted by molar-refractivity contribution is -0.479. The first-order valence-electron chi connectivity index (χ1n) is 19.5. The van der Waals surface area contributed by atoms with Crippen molar-refractivity contribution < 1.29 is 9.85 Å². The van der Waals surface area contributed by atoms with Crippen LogP contribution in [0.2, 0.25) is 0 Å². The van der Waals surface area contributed by atoms with E-state index in [0.717, 1.165) is 23.9 Å². The van der Waals surface area contributed by atoms with E-state index in [1.54, 1.807) is 41.5 Å². The van der Waals surface area contributed by atoms with Crippen LogP contribution in [0.1, 0.15) is 112 Å². The summed E-state index contributed by atoms with van der Waals surface area (Å²) in [6.07, 6.45) is 4.30. The predicted octanol–water partition coefficient (Wildman–Crippen LogP) is 9.77. The number of nitrogens with two attached hydrogens (primary N) is 1. The van der Waals surface area contributed by atoms with Crippen LogP contribution in [0.4, 0.5) is 22.7 Å². The molecule has 0 saturated heterocycles. The highest BCUT2D eigenvalue weighted by atomic mass is 32.2. The topological polar surface area (TPSA) is 313 Å². The minimum Gasteiger partial charge on any atom is -0.330 e. The fraction of sp³-hybridized carbons (Fsp3) is 0.535. The molecule has 4 aromatic rings. The Morgan fingerprint density at radius 1 is 0.493 bits per heavy atom. The molecular weight excluding hydrogens is 951 g/mol. The summed E-state index contributed by atoms with van der Waals surface area (Å²) in [5, 5.41) is 20.9. The number of nitrogens with zero attached hydrogens (tertiary/aromatic N) is 10. The molecule has 4 aromatic heterocycles. The van der Waals surface area contributed by atoms with Gasteiger partial charge in [0.15, 0.2) is 15.5 Å². The molecule has 382 valence electrons. The van der Waals surface area contributed by atoms with Crippen molar-refractivity contribution in [2.45, 2.75) is 133 Å². The second kappa shape index (κ2) is 42.6. The Morgan fingerprint density at radius 3 is 1.03 bits per heavy atom. The van der Waals surface area contributed by atoms with E-state index in [9.17, 15) is 39.4 Å². The molecule has 0 radical (unpaired) electrons. The fourth-order valence-electron chi connectivity index (χ4n) is 3.87. The molecule has 0 aliphatic heterocycles. The van der Waals surface area contributed by atoms with Gasteiger partial charge in [0.2, 0.25) is 13.1 Å². The van der Waals surface area contributed by atoms with Gasteiger partial charge in [0.25, 0.3) is 45.0 Å². The summed E-state index contributed by atoms with van der Waals surface area (Å²) < 4.78 is 0. The summed E-state index contributed by atoms with van der Waals surface area (Å²) in [6.45, 7) is 43.8. The SMILES string of the molecule is C.C.C.C.CCCC.CCC[N+](=O)[O-].[C-]#[N+]c1c(C)nc(C)[nH]c1=O.[C-]#[N+]c1c(C)nc(SCCC)[nH]c1=O.[C-]#[N+]c1c(C)nc(SCCN)[nH]c1=O.[C-]#[N+]c1c(C)nc(SCC[N+](=O)[O-])[nH]c1=O. The van der Waals surface area contributed by atoms with Crippen LogP contribution in [0.3, 0.4) is 0 Å². The third kappa shape index (κ3) is 31.1. The Labute approximate surface area is 417 Å². The van der Waals surface area contributed by atoms with Gasteiger partial charge in [-0.05, 0) is 41.0 Å². The largest absolute Gasteiger partial charge is 0.330 e. The molecule has 0 unspecified atom stereocenters. The number of hydrogen-bond donors (Lipinski definition) is 5. The molecular formula is C43H69N15O8S3. The molecule has 6 N–H and O–H groups in total. The number of aromatic nitrogens is 8. The zero-order valence-electron chi connectivity index (χ0n) is 37.6. The normalized spacial score (nSPS) is 8.84. The fourth-order valence-corrected chi connectivity index (χ4v) is 6.11. The van der Waals surface area contributed by atoms with Gasteiger partial charge in [0, 0.05) is 34.3 Å². The number of rotatable bonds is 13. The van der Waals surface area contributed by atoms with E-state index in [0.29, 0.717) is 62.8 Å². The van der Waals surface area contributed by atoms with Gasteiger partial charge in [-0.2, -0.15) is 0 Å². The Bertz CT molecular complexity index is 2490. The van der Waals surface area contributed by atoms with Crippen molar-refractivity contribution in [2.24, 2.45) is 5.73 Å². The zero-order chi connectivity index (χ0) is 50.1. The molecule has 0 bridgehead atoms. The molecule has 0 aliphatic rings. The Balaban J connectivity index is -0.000000177. The van der Waals surface area contributed by atoms with E-state index in [1.807, 2.05) is 0 Å². The third-order valence-electron chi connectivity index (χ3n) is 7.00. The van der Waals surface area contributed by atoms with Gasteiger partial charge in [-0.3, -0.25) is 44.4 Å². The molecule has 0 atom stereocenters. The lowest BCUT2D eigenvalue weighted by Gasteiger charge is -2.01. The van der Waals surface area contributed by atoms with E-state index in [4.69, 9.17) is 32.0 Å². The van der Waals surface area contributed by atoms with Crippen LogP contribution in [-0.2, 0) is 0 Å². The maximum atomic E-state index is 11.3. The molecule has 4 rings (SSSR count). The van der Waals surface area contributed by atoms with Crippen LogP contribution in [0.15, 0.2) is 34.6 Å². The first-order chi connectivity index (χ1) is 30.7. The van der Waals surface area contributed by atoms with Gasteiger partial charge in [-0.15, -0.1) is 0 Å². The van der Waals surface area contributed by atoms with Crippen LogP contribution in [0, 0.1) is 81.1 Å². The Hall–Kier alpha value is -6.71. The minimum absolute atomic E-state index is 0. The van der Waals surface area contributed by atoms with Gasteiger partial charge >= 0.3 is 0 Å². The van der Waals surface area contributed by atoms with Gasteiger partial charge in [-0.25, -0.2) is 34.3 Å². The maximum absolute atomic E-state index is 11.3. The maximum Gasteiger partial charge on any atom is 0.271 e. The molecule has 26 heteroatoms.